The molecule has 2 saturated heterocycles. The summed E-state index contributed by atoms with van der Waals surface area (Å²) in [7, 11) is 4.32. The Bertz CT molecular complexity index is 5150. The zero-order valence-electron chi connectivity index (χ0n) is 75.3. The number of nitrogens with zero attached hydrogens (tertiary/aromatic N) is 5. The van der Waals surface area contributed by atoms with Crippen molar-refractivity contribution in [2.75, 3.05) is 58.8 Å². The zero-order chi connectivity index (χ0) is 95.8. The number of ketones is 1. The molecule has 1 aromatic heterocycles. The average molecular weight is 1840 g/mol. The number of unbranched alkanes of at least 4 members (excludes halogenated alkanes) is 1. The lowest BCUT2D eigenvalue weighted by atomic mass is 9.99. The minimum absolute atomic E-state index is 0.0242. The molecule has 36 heteroatoms. The van der Waals surface area contributed by atoms with Crippen LogP contribution in [0, 0.1) is 5.92 Å². The van der Waals surface area contributed by atoms with Gasteiger partial charge in [-0.1, -0.05) is 167 Å². The van der Waals surface area contributed by atoms with E-state index in [0.717, 1.165) is 17.3 Å². The van der Waals surface area contributed by atoms with Gasteiger partial charge in [0.15, 0.2) is 5.78 Å². The number of H-pyrrole nitrogens is 1. The lowest BCUT2D eigenvalue weighted by Gasteiger charge is -2.38. The molecule has 13 amide bonds. The van der Waals surface area contributed by atoms with Crippen molar-refractivity contribution in [3.63, 3.8) is 0 Å². The molecule has 0 spiro atoms. The average Bonchev–Trinajstić information content (AvgIpc) is 1.19. The number of amides is 13. The first-order valence-corrected chi connectivity index (χ1v) is 45.5. The van der Waals surface area contributed by atoms with E-state index < -0.39 is 192 Å². The third-order valence-corrected chi connectivity index (χ3v) is 24.5. The number of carbonyl (C=O) groups is 16. The Balaban J connectivity index is 0.937. The number of aldehydes is 1. The number of para-hydroxylation sites is 1. The summed E-state index contributed by atoms with van der Waals surface area (Å²) in [5.41, 5.74) is 15.8. The van der Waals surface area contributed by atoms with Gasteiger partial charge in [0.2, 0.25) is 76.8 Å². The standard InChI is InChI=1S/C96H122N16O19S/c1-8-9-31-79(96(131)112-43-22-32-77(112)90(125)102-66(55-113)51-85(119)120)108(5)95(130)81(49-62-27-17-12-18-28-62)110(7)93(128)75(47-60-23-13-10-14-24-60)103-84(118)57-132-56-76(86(121)101-54-83(98)117)107-87(122)71(44-58(2)3)104-88(123)72(45-63-34-38-67(114)39-35-63)105-89(124)73(50-65-52-99-70-30-20-19-29-69(65)70)106-91(126)78-33-21-42-111(78)94(129)74(46-64-36-40-68(115)41-37-64)100-53-82(116)80(109(6)92(127)59(4)97)48-61-25-15-11-16-26-61/h10-20,23-30,34-41,52,55,58-59,66,71-81,99-100,114-115H,8-9,21-22,31-33,42-51,53-54,56-57,97H2,1-7H3,(H2,98,117)(H,101,121)(H,102,125)(H,103,118)(H,104,123)(H,105,124)(H,106,126)(H,107,122)(H,119,120)/t59-,66-,71-,72-,73-,74-,75-,76-,77+,78+,79-,80?,81?/m0/s1. The quantitative estimate of drug-likeness (QED) is 0.0244. The molecule has 2 aliphatic rings. The van der Waals surface area contributed by atoms with Crippen molar-refractivity contribution < 1.29 is 92.0 Å². The van der Waals surface area contributed by atoms with Gasteiger partial charge >= 0.3 is 5.97 Å². The molecule has 13 atom stereocenters. The summed E-state index contributed by atoms with van der Waals surface area (Å²) in [5.74, 6) is -13.0. The Hall–Kier alpha value is -13.4. The van der Waals surface area contributed by atoms with Gasteiger partial charge in [-0.15, -0.1) is 11.8 Å². The van der Waals surface area contributed by atoms with E-state index in [-0.39, 0.29) is 100 Å². The second-order valence-corrected chi connectivity index (χ2v) is 35.1. The molecule has 0 bridgehead atoms. The molecule has 7 aromatic rings. The van der Waals surface area contributed by atoms with E-state index in [9.17, 15) is 58.5 Å². The number of aromatic amines is 1. The van der Waals surface area contributed by atoms with E-state index in [2.05, 4.69) is 47.5 Å². The summed E-state index contributed by atoms with van der Waals surface area (Å²) in [4.78, 5) is 238. The Kier molecular flexibility index (Phi) is 38.9. The number of aromatic nitrogens is 1. The number of Topliss-reactive ketones (excluding diaryl/α,β-unsaturated/α-hetero) is 1. The van der Waals surface area contributed by atoms with E-state index in [4.69, 9.17) is 11.5 Å². The molecule has 2 unspecified atom stereocenters. The summed E-state index contributed by atoms with van der Waals surface area (Å²) in [5, 5.41) is 52.8. The van der Waals surface area contributed by atoms with Crippen LogP contribution in [-0.2, 0) is 115 Å². The van der Waals surface area contributed by atoms with E-state index in [1.165, 1.54) is 89.0 Å². The first-order chi connectivity index (χ1) is 63.1. The number of rotatable bonds is 50. The number of fused-ring (bicyclic) bond motifs is 1. The number of primary amides is 1. The molecule has 132 heavy (non-hydrogen) atoms. The Morgan fingerprint density at radius 3 is 1.54 bits per heavy atom. The highest BCUT2D eigenvalue weighted by Crippen LogP contribution is 2.28. The number of nitrogens with one attached hydrogen (secondary N) is 9. The molecule has 35 nitrogen and oxygen atoms in total. The van der Waals surface area contributed by atoms with Gasteiger partial charge < -0.3 is 98.3 Å². The van der Waals surface area contributed by atoms with E-state index in [1.54, 1.807) is 117 Å². The van der Waals surface area contributed by atoms with Gasteiger partial charge in [0.05, 0.1) is 49.4 Å². The van der Waals surface area contributed by atoms with Gasteiger partial charge in [-0.2, -0.15) is 0 Å². The molecule has 706 valence electrons. The number of aromatic hydroxyl groups is 2. The second-order valence-electron chi connectivity index (χ2n) is 34.0. The van der Waals surface area contributed by atoms with Crippen LogP contribution in [0.5, 0.6) is 11.5 Å². The molecule has 0 aliphatic carbocycles. The Labute approximate surface area is 771 Å². The van der Waals surface area contributed by atoms with Crippen molar-refractivity contribution in [1.82, 2.24) is 72.0 Å². The van der Waals surface area contributed by atoms with E-state index >= 15 is 33.6 Å². The molecular formula is C96H122N16O19S. The minimum atomic E-state index is -1.57. The zero-order valence-corrected chi connectivity index (χ0v) is 76.2. The normalized spacial score (nSPS) is 16.1. The van der Waals surface area contributed by atoms with Crippen LogP contribution in [0.2, 0.25) is 0 Å². The monoisotopic (exact) mass is 1830 g/mol. The van der Waals surface area contributed by atoms with E-state index in [1.807, 2.05) is 37.3 Å². The molecule has 3 heterocycles. The Morgan fingerprint density at radius 2 is 0.992 bits per heavy atom. The maximum absolute atomic E-state index is 15.5. The predicted molar refractivity (Wildman–Crippen MR) is 494 cm³/mol. The lowest BCUT2D eigenvalue weighted by Crippen LogP contribution is -2.60. The van der Waals surface area contributed by atoms with Crippen molar-refractivity contribution in [2.45, 2.75) is 203 Å². The van der Waals surface area contributed by atoms with Gasteiger partial charge in [-0.3, -0.25) is 77.2 Å². The van der Waals surface area contributed by atoms with Gasteiger partial charge in [0, 0.05) is 82.8 Å². The fourth-order valence-electron chi connectivity index (χ4n) is 16.4. The van der Waals surface area contributed by atoms with Gasteiger partial charge in [-0.25, -0.2) is 0 Å². The predicted octanol–water partition coefficient (Wildman–Crippen LogP) is 2.83. The molecule has 0 radical (unpaired) electrons. The number of benzene rings is 6. The number of hydrogen-bond acceptors (Lipinski definition) is 21. The number of nitrogens with two attached hydrogens (primary N) is 2. The van der Waals surface area contributed by atoms with Crippen LogP contribution in [0.25, 0.3) is 10.9 Å². The highest BCUT2D eigenvalue weighted by atomic mass is 32.2. The van der Waals surface area contributed by atoms with Gasteiger partial charge in [-0.05, 0) is 128 Å². The molecule has 16 N–H and O–H groups in total. The summed E-state index contributed by atoms with van der Waals surface area (Å²) < 4.78 is 0. The van der Waals surface area contributed by atoms with E-state index in [0.29, 0.717) is 70.7 Å². The highest BCUT2D eigenvalue weighted by Gasteiger charge is 2.45. The number of carboxylic acid groups (broad SMARTS) is 1. The van der Waals surface area contributed by atoms with Crippen LogP contribution in [0.1, 0.15) is 119 Å². The summed E-state index contributed by atoms with van der Waals surface area (Å²) in [6.07, 6.45) is 2.94. The number of carbonyl (C=O) groups excluding carboxylic acids is 15. The molecule has 2 fully saturated rings. The number of likely N-dealkylation sites (N-methyl/N-ethyl adjacent to an activating group) is 3. The smallest absolute Gasteiger partial charge is 0.305 e. The maximum Gasteiger partial charge on any atom is 0.305 e. The molecule has 2 aliphatic heterocycles. The SMILES string of the molecule is CCCC[C@@H](C(=O)N1CCC[C@@H]1C(=O)N[C@H](C=O)CC(=O)O)N(C)C(=O)C(Cc1ccccc1)N(C)C(=O)[C@H](Cc1ccccc1)NC(=O)CSC[C@H](NC(=O)[C@H](CC(C)C)NC(=O)[C@H](Cc1ccc(O)cc1)NC(=O)[C@H](Cc1c[nH]c2ccccc12)NC(=O)[C@H]1CCCN1C(=O)[C@H](Cc1ccc(O)cc1)NCC(=O)C(Cc1ccccc1)N(C)C(=O)[C@H](C)N)C(=O)NCC(N)=O. The number of carboxylic acids is 1. The summed E-state index contributed by atoms with van der Waals surface area (Å²) >= 11 is 0.841. The minimum Gasteiger partial charge on any atom is -0.508 e. The number of phenolic OH excluding ortho intramolecular Hbond substituents is 2. The van der Waals surface area contributed by atoms with Crippen LogP contribution in [0.15, 0.2) is 170 Å². The van der Waals surface area contributed by atoms with Crippen LogP contribution < -0.4 is 54.0 Å². The molecule has 6 aromatic carbocycles. The first-order valence-electron chi connectivity index (χ1n) is 44.4. The fourth-order valence-corrected chi connectivity index (χ4v) is 17.2. The van der Waals surface area contributed by atoms with Crippen LogP contribution in [0.4, 0.5) is 0 Å². The van der Waals surface area contributed by atoms with Crippen molar-refractivity contribution in [3.8, 4) is 11.5 Å². The Morgan fingerprint density at radius 1 is 0.515 bits per heavy atom. The molecule has 0 saturated carbocycles. The molecule has 9 rings (SSSR count). The van der Waals surface area contributed by atoms with Crippen LogP contribution in [0.3, 0.4) is 0 Å². The number of hydrogen-bond donors (Lipinski definition) is 14. The topological polar surface area (TPSA) is 514 Å². The number of aliphatic carboxylic acids is 1. The van der Waals surface area contributed by atoms with Crippen LogP contribution in [-0.4, -0.2) is 277 Å². The van der Waals surface area contributed by atoms with Gasteiger partial charge in [0.1, 0.15) is 72.2 Å². The largest absolute Gasteiger partial charge is 0.508 e. The maximum atomic E-state index is 15.5. The van der Waals surface area contributed by atoms with Gasteiger partial charge in [0.25, 0.3) is 0 Å². The van der Waals surface area contributed by atoms with Crippen molar-refractivity contribution in [1.29, 1.82) is 0 Å². The molecular weight excluding hydrogens is 1710 g/mol. The lowest BCUT2D eigenvalue weighted by molar-refractivity contribution is -0.152. The highest BCUT2D eigenvalue weighted by molar-refractivity contribution is 8.00. The van der Waals surface area contributed by atoms with Crippen molar-refractivity contribution >= 4 is 117 Å². The van der Waals surface area contributed by atoms with Crippen molar-refractivity contribution in [2.24, 2.45) is 17.4 Å². The number of likely N-dealkylation sites (tertiary alicyclic amines) is 2. The fraction of sp³-hybridized carbons (Fsp3) is 0.438. The third-order valence-electron chi connectivity index (χ3n) is 23.5. The third kappa shape index (κ3) is 29.8. The first kappa shape index (κ1) is 102. The summed E-state index contributed by atoms with van der Waals surface area (Å²) in [6.45, 7) is 6.02. The second kappa shape index (κ2) is 50.2. The van der Waals surface area contributed by atoms with Crippen molar-refractivity contribution in [3.05, 3.63) is 203 Å². The number of thioether (sulfide) groups is 1. The number of phenols is 2. The van der Waals surface area contributed by atoms with Crippen LogP contribution >= 0.6 is 11.8 Å². The summed E-state index contributed by atoms with van der Waals surface area (Å²) in [6, 6.07) is 28.9.